The van der Waals surface area contributed by atoms with E-state index in [1.165, 1.54) is 4.68 Å². The number of hydrogen-bond acceptors (Lipinski definition) is 7. The second-order valence-corrected chi connectivity index (χ2v) is 12.2. The van der Waals surface area contributed by atoms with Crippen molar-refractivity contribution in [3.8, 4) is 0 Å². The lowest BCUT2D eigenvalue weighted by molar-refractivity contribution is -0.132. The van der Waals surface area contributed by atoms with E-state index in [0.29, 0.717) is 23.8 Å². The van der Waals surface area contributed by atoms with Gasteiger partial charge < -0.3 is 30.7 Å². The second kappa shape index (κ2) is 16.0. The summed E-state index contributed by atoms with van der Waals surface area (Å²) in [6.07, 6.45) is 2.39. The Kier molecular flexibility index (Phi) is 11.9. The quantitative estimate of drug-likeness (QED) is 0.327. The summed E-state index contributed by atoms with van der Waals surface area (Å²) in [6, 6.07) is 10.3. The van der Waals surface area contributed by atoms with Crippen LogP contribution in [0, 0.1) is 12.8 Å². The number of nitrogens with zero attached hydrogens (tertiary/aromatic N) is 5. The molecular weight excluding hydrogens is 602 g/mol. The van der Waals surface area contributed by atoms with E-state index in [4.69, 9.17) is 0 Å². The highest BCUT2D eigenvalue weighted by atomic mass is 16.2. The van der Waals surface area contributed by atoms with Gasteiger partial charge in [0.1, 0.15) is 30.1 Å². The van der Waals surface area contributed by atoms with Crippen LogP contribution in [0.25, 0.3) is 0 Å². The monoisotopic (exact) mass is 647 g/mol. The molecule has 4 N–H and O–H groups in total. The molecule has 0 saturated heterocycles. The van der Waals surface area contributed by atoms with Gasteiger partial charge in [0.25, 0.3) is 5.91 Å². The zero-order valence-electron chi connectivity index (χ0n) is 27.7. The summed E-state index contributed by atoms with van der Waals surface area (Å²) in [4.78, 5) is 72.6. The van der Waals surface area contributed by atoms with Crippen molar-refractivity contribution in [2.75, 3.05) is 19.6 Å². The van der Waals surface area contributed by atoms with Crippen molar-refractivity contribution in [3.05, 3.63) is 71.6 Å². The SMILES string of the molecule is Cc1nc2n(n1)CC(=O)NCCN(C(=O)c1cccn1C)CCCC(=O)N[C@@H](C)C(=O)N[C@H](Cc1ccccc1)C(=O)N[C@H]2C(C)C. The third-order valence-electron chi connectivity index (χ3n) is 8.01. The maximum Gasteiger partial charge on any atom is 0.270 e. The first-order chi connectivity index (χ1) is 22.4. The Hall–Kier alpha value is -5.01. The Morgan fingerprint density at radius 2 is 1.70 bits per heavy atom. The molecule has 1 aromatic carbocycles. The van der Waals surface area contributed by atoms with Crippen LogP contribution in [0.3, 0.4) is 0 Å². The zero-order valence-corrected chi connectivity index (χ0v) is 27.7. The van der Waals surface area contributed by atoms with Crippen LogP contribution >= 0.6 is 0 Å². The summed E-state index contributed by atoms with van der Waals surface area (Å²) >= 11 is 0. The lowest BCUT2D eigenvalue weighted by Gasteiger charge is -2.27. The summed E-state index contributed by atoms with van der Waals surface area (Å²) in [6.45, 7) is 7.60. The van der Waals surface area contributed by atoms with Crippen molar-refractivity contribution >= 4 is 29.5 Å². The van der Waals surface area contributed by atoms with Gasteiger partial charge in [0.15, 0.2) is 5.82 Å². The molecule has 3 aromatic rings. The molecule has 0 spiro atoms. The van der Waals surface area contributed by atoms with Gasteiger partial charge in [0.2, 0.25) is 23.6 Å². The van der Waals surface area contributed by atoms with Crippen molar-refractivity contribution in [2.45, 2.75) is 71.6 Å². The molecule has 0 radical (unpaired) electrons. The van der Waals surface area contributed by atoms with E-state index in [-0.39, 0.29) is 62.7 Å². The molecule has 1 aliphatic rings. The topological polar surface area (TPSA) is 172 Å². The van der Waals surface area contributed by atoms with Gasteiger partial charge in [-0.05, 0) is 43.9 Å². The lowest BCUT2D eigenvalue weighted by Crippen LogP contribution is -2.54. The summed E-state index contributed by atoms with van der Waals surface area (Å²) in [5.74, 6) is -1.18. The Balaban J connectivity index is 1.62. The molecule has 252 valence electrons. The summed E-state index contributed by atoms with van der Waals surface area (Å²) in [7, 11) is 1.77. The highest BCUT2D eigenvalue weighted by Crippen LogP contribution is 2.21. The molecule has 47 heavy (non-hydrogen) atoms. The fourth-order valence-corrected chi connectivity index (χ4v) is 5.45. The Morgan fingerprint density at radius 3 is 2.38 bits per heavy atom. The van der Waals surface area contributed by atoms with Crippen LogP contribution < -0.4 is 21.3 Å². The van der Waals surface area contributed by atoms with Crippen LogP contribution in [0.1, 0.15) is 67.4 Å². The van der Waals surface area contributed by atoms with E-state index in [9.17, 15) is 24.0 Å². The smallest absolute Gasteiger partial charge is 0.270 e. The fourth-order valence-electron chi connectivity index (χ4n) is 5.45. The average molecular weight is 648 g/mol. The van der Waals surface area contributed by atoms with E-state index in [1.54, 1.807) is 48.7 Å². The van der Waals surface area contributed by atoms with Gasteiger partial charge in [-0.15, -0.1) is 0 Å². The molecule has 4 rings (SSSR count). The number of nitrogens with one attached hydrogen (secondary N) is 4. The molecule has 1 aliphatic heterocycles. The number of rotatable bonds is 4. The number of benzene rings is 1. The highest BCUT2D eigenvalue weighted by molar-refractivity contribution is 5.93. The number of fused-ring (bicyclic) bond motifs is 1. The van der Waals surface area contributed by atoms with E-state index in [1.807, 2.05) is 44.2 Å². The van der Waals surface area contributed by atoms with Crippen molar-refractivity contribution in [2.24, 2.45) is 13.0 Å². The van der Waals surface area contributed by atoms with E-state index < -0.39 is 29.9 Å². The zero-order chi connectivity index (χ0) is 34.1. The molecule has 3 heterocycles. The summed E-state index contributed by atoms with van der Waals surface area (Å²) in [5.41, 5.74) is 1.32. The number of aryl methyl sites for hydroxylation is 2. The molecule has 2 aromatic heterocycles. The first-order valence-corrected chi connectivity index (χ1v) is 16.0. The van der Waals surface area contributed by atoms with Gasteiger partial charge in [-0.2, -0.15) is 5.10 Å². The Labute approximate surface area is 274 Å². The number of carbonyl (C=O) groups is 5. The molecule has 14 nitrogen and oxygen atoms in total. The third-order valence-corrected chi connectivity index (χ3v) is 8.01. The Morgan fingerprint density at radius 1 is 0.957 bits per heavy atom. The molecule has 14 heteroatoms. The van der Waals surface area contributed by atoms with Gasteiger partial charge in [0.05, 0.1) is 6.04 Å². The molecule has 0 saturated carbocycles. The minimum Gasteiger partial charge on any atom is -0.353 e. The highest BCUT2D eigenvalue weighted by Gasteiger charge is 2.31. The molecule has 5 amide bonds. The molecule has 0 fully saturated rings. The normalized spacial score (nSPS) is 20.9. The summed E-state index contributed by atoms with van der Waals surface area (Å²) < 4.78 is 3.19. The minimum absolute atomic E-state index is 0.0688. The molecular formula is C33H45N9O5. The van der Waals surface area contributed by atoms with Crippen LogP contribution in [0.5, 0.6) is 0 Å². The predicted octanol–water partition coefficient (Wildman–Crippen LogP) is 1.02. The van der Waals surface area contributed by atoms with Crippen LogP contribution in [-0.2, 0) is 39.2 Å². The van der Waals surface area contributed by atoms with Gasteiger partial charge in [0, 0.05) is 45.7 Å². The number of hydrogen-bond donors (Lipinski definition) is 4. The van der Waals surface area contributed by atoms with Crippen LogP contribution in [0.15, 0.2) is 48.7 Å². The predicted molar refractivity (Wildman–Crippen MR) is 174 cm³/mol. The van der Waals surface area contributed by atoms with Crippen LogP contribution in [0.2, 0.25) is 0 Å². The van der Waals surface area contributed by atoms with Gasteiger partial charge in [-0.25, -0.2) is 9.67 Å². The number of amides is 5. The van der Waals surface area contributed by atoms with Gasteiger partial charge in [-0.3, -0.25) is 24.0 Å². The number of aromatic nitrogens is 4. The molecule has 0 aliphatic carbocycles. The summed E-state index contributed by atoms with van der Waals surface area (Å²) in [5, 5.41) is 15.9. The van der Waals surface area contributed by atoms with Crippen molar-refractivity contribution < 1.29 is 24.0 Å². The first-order valence-electron chi connectivity index (χ1n) is 16.0. The van der Waals surface area contributed by atoms with Crippen LogP contribution in [-0.4, -0.2) is 85.5 Å². The van der Waals surface area contributed by atoms with Crippen molar-refractivity contribution in [1.82, 2.24) is 45.5 Å². The average Bonchev–Trinajstić information content (AvgIpc) is 3.62. The molecule has 0 bridgehead atoms. The maximum atomic E-state index is 13.8. The standard InChI is InChI=1S/C33H45N9O5/c1-21(2)29-30-36-23(4)39-42(30)20-28(44)34-15-18-41(33(47)26-13-9-16-40(26)5)17-10-14-27(43)35-22(3)31(45)37-25(32(46)38-29)19-24-11-7-6-8-12-24/h6-9,11-13,16,21-22,25,29H,10,14-15,17-20H2,1-5H3,(H,34,44)(H,35,43)(H,37,45)(H,38,46)/t22-,25+,29-/m0/s1. The fraction of sp³-hybridized carbons (Fsp3) is 0.485. The minimum atomic E-state index is -0.964. The largest absolute Gasteiger partial charge is 0.353 e. The van der Waals surface area contributed by atoms with Crippen molar-refractivity contribution in [3.63, 3.8) is 0 Å². The van der Waals surface area contributed by atoms with Gasteiger partial charge in [-0.1, -0.05) is 44.2 Å². The van der Waals surface area contributed by atoms with E-state index in [0.717, 1.165) is 5.56 Å². The van der Waals surface area contributed by atoms with E-state index >= 15 is 0 Å². The lowest BCUT2D eigenvalue weighted by atomic mass is 10.0. The van der Waals surface area contributed by atoms with Crippen molar-refractivity contribution in [1.29, 1.82) is 0 Å². The Bertz CT molecular complexity index is 1570. The van der Waals surface area contributed by atoms with Crippen LogP contribution in [0.4, 0.5) is 0 Å². The third kappa shape index (κ3) is 9.50. The molecule has 0 unspecified atom stereocenters. The maximum absolute atomic E-state index is 13.8. The second-order valence-electron chi connectivity index (χ2n) is 12.2. The first kappa shape index (κ1) is 34.9. The van der Waals surface area contributed by atoms with Gasteiger partial charge >= 0.3 is 0 Å². The molecule has 3 atom stereocenters. The number of carbonyl (C=O) groups excluding carboxylic acids is 5. The van der Waals surface area contributed by atoms with E-state index in [2.05, 4.69) is 31.3 Å².